The molecule has 1 rings (SSSR count). The fraction of sp³-hybridized carbons (Fsp3) is 0.364. The predicted molar refractivity (Wildman–Crippen MR) is 73.9 cm³/mol. The van der Waals surface area contributed by atoms with Crippen LogP contribution in [0.3, 0.4) is 0 Å². The summed E-state index contributed by atoms with van der Waals surface area (Å²) in [5.74, 6) is -0.122. The topological polar surface area (TPSA) is 54.5 Å². The molecule has 0 radical (unpaired) electrons. The summed E-state index contributed by atoms with van der Waals surface area (Å²) in [5.41, 5.74) is 0.965. The van der Waals surface area contributed by atoms with E-state index in [0.29, 0.717) is 16.3 Å². The van der Waals surface area contributed by atoms with Crippen molar-refractivity contribution < 1.29 is 13.2 Å². The van der Waals surface area contributed by atoms with Gasteiger partial charge in [-0.3, -0.25) is 9.10 Å². The first-order chi connectivity index (χ1) is 8.29. The van der Waals surface area contributed by atoms with Crippen molar-refractivity contribution in [3.63, 3.8) is 0 Å². The van der Waals surface area contributed by atoms with Gasteiger partial charge in [0, 0.05) is 5.02 Å². The number of hydrogen-bond donors (Lipinski definition) is 0. The number of carbonyl (C=O) groups is 1. The maximum absolute atomic E-state index is 12.0. The van der Waals surface area contributed by atoms with E-state index in [1.165, 1.54) is 6.92 Å². The van der Waals surface area contributed by atoms with Gasteiger partial charge in [-0.1, -0.05) is 17.7 Å². The lowest BCUT2D eigenvalue weighted by Crippen LogP contribution is -2.36. The summed E-state index contributed by atoms with van der Waals surface area (Å²) in [7, 11) is -3.58. The van der Waals surface area contributed by atoms with Crippen molar-refractivity contribution in [1.29, 1.82) is 0 Å². The maximum Gasteiger partial charge on any atom is 0.242 e. The van der Waals surface area contributed by atoms with Crippen LogP contribution in [0.2, 0.25) is 5.02 Å². The number of sulfonamides is 1. The number of nitrogens with zero attached hydrogens (tertiary/aromatic N) is 1. The van der Waals surface area contributed by atoms with Crippen molar-refractivity contribution >= 4 is 44.2 Å². The highest BCUT2D eigenvalue weighted by molar-refractivity contribution is 7.92. The molecule has 0 N–H and O–H groups in total. The Kier molecular flexibility index (Phi) is 5.01. The van der Waals surface area contributed by atoms with Crippen molar-refractivity contribution in [1.82, 2.24) is 0 Å². The van der Waals surface area contributed by atoms with E-state index in [4.69, 9.17) is 23.2 Å². The first-order valence-corrected chi connectivity index (χ1v) is 7.60. The van der Waals surface area contributed by atoms with Crippen LogP contribution in [0.25, 0.3) is 0 Å². The molecular weight excluding hydrogens is 297 g/mol. The molecule has 4 nitrogen and oxygen atoms in total. The van der Waals surface area contributed by atoms with Gasteiger partial charge >= 0.3 is 0 Å². The molecule has 0 heterocycles. The number of carbonyl (C=O) groups excluding carboxylic acids is 1. The van der Waals surface area contributed by atoms with Gasteiger partial charge in [-0.2, -0.15) is 0 Å². The van der Waals surface area contributed by atoms with E-state index in [-0.39, 0.29) is 5.75 Å². The molecule has 1 aromatic rings. The fourth-order valence-corrected chi connectivity index (χ4v) is 2.95. The van der Waals surface area contributed by atoms with E-state index in [0.717, 1.165) is 4.31 Å². The molecule has 18 heavy (non-hydrogen) atoms. The second-order valence-corrected chi connectivity index (χ2v) is 6.66. The van der Waals surface area contributed by atoms with Crippen LogP contribution in [-0.2, 0) is 14.8 Å². The van der Waals surface area contributed by atoms with Gasteiger partial charge in [0.25, 0.3) is 0 Å². The van der Waals surface area contributed by atoms with Crippen molar-refractivity contribution in [2.75, 3.05) is 16.6 Å². The standard InChI is InChI=1S/C11H13Cl2NO3S/c1-3-18(16,17)14(7-11(13)15)10-6-4-5-9(12)8(10)2/h4-6H,3,7H2,1-2H3. The summed E-state index contributed by atoms with van der Waals surface area (Å²) in [5, 5.41) is -0.308. The SMILES string of the molecule is CCS(=O)(=O)N(CC(=O)Cl)c1cccc(Cl)c1C. The summed E-state index contributed by atoms with van der Waals surface area (Å²) < 4.78 is 24.9. The third kappa shape index (κ3) is 3.37. The molecule has 0 unspecified atom stereocenters. The Labute approximate surface area is 117 Å². The van der Waals surface area contributed by atoms with E-state index in [1.54, 1.807) is 25.1 Å². The Morgan fingerprint density at radius 3 is 2.50 bits per heavy atom. The Balaban J connectivity index is 3.35. The zero-order chi connectivity index (χ0) is 13.9. The Bertz CT molecular complexity index is 557. The smallest absolute Gasteiger partial charge is 0.242 e. The van der Waals surface area contributed by atoms with Crippen LogP contribution in [0.15, 0.2) is 18.2 Å². The van der Waals surface area contributed by atoms with Crippen molar-refractivity contribution in [2.45, 2.75) is 13.8 Å². The first-order valence-electron chi connectivity index (χ1n) is 5.23. The Morgan fingerprint density at radius 1 is 1.39 bits per heavy atom. The highest BCUT2D eigenvalue weighted by atomic mass is 35.5. The van der Waals surface area contributed by atoms with Crippen LogP contribution in [-0.4, -0.2) is 26.0 Å². The summed E-state index contributed by atoms with van der Waals surface area (Å²) in [6.45, 7) is 2.79. The van der Waals surface area contributed by atoms with Gasteiger partial charge in [-0.25, -0.2) is 8.42 Å². The number of rotatable bonds is 5. The highest BCUT2D eigenvalue weighted by Crippen LogP contribution is 2.28. The molecular formula is C11H13Cl2NO3S. The summed E-state index contributed by atoms with van der Waals surface area (Å²) in [4.78, 5) is 11.0. The average Bonchev–Trinajstić information content (AvgIpc) is 2.30. The molecule has 0 spiro atoms. The second kappa shape index (κ2) is 5.91. The molecule has 0 atom stereocenters. The highest BCUT2D eigenvalue weighted by Gasteiger charge is 2.24. The van der Waals surface area contributed by atoms with E-state index in [2.05, 4.69) is 0 Å². The van der Waals surface area contributed by atoms with Crippen LogP contribution in [0, 0.1) is 6.92 Å². The molecule has 0 aliphatic rings. The fourth-order valence-electron chi connectivity index (χ4n) is 1.47. The van der Waals surface area contributed by atoms with E-state index >= 15 is 0 Å². The van der Waals surface area contributed by atoms with Crippen LogP contribution in [0.5, 0.6) is 0 Å². The third-order valence-electron chi connectivity index (χ3n) is 2.48. The van der Waals surface area contributed by atoms with E-state index in [1.807, 2.05) is 0 Å². The van der Waals surface area contributed by atoms with Gasteiger partial charge in [0.2, 0.25) is 15.3 Å². The van der Waals surface area contributed by atoms with Crippen LogP contribution in [0.4, 0.5) is 5.69 Å². The quantitative estimate of drug-likeness (QED) is 0.786. The Hall–Kier alpha value is -0.780. The molecule has 0 amide bonds. The summed E-state index contributed by atoms with van der Waals surface area (Å²) in [6, 6.07) is 4.87. The van der Waals surface area contributed by atoms with Gasteiger partial charge < -0.3 is 0 Å². The van der Waals surface area contributed by atoms with Crippen molar-refractivity contribution in [3.05, 3.63) is 28.8 Å². The molecule has 0 bridgehead atoms. The molecule has 0 saturated heterocycles. The summed E-state index contributed by atoms with van der Waals surface area (Å²) in [6.07, 6.45) is 0. The van der Waals surface area contributed by atoms with Crippen molar-refractivity contribution in [2.24, 2.45) is 0 Å². The predicted octanol–water partition coefficient (Wildman–Crippen LogP) is 2.57. The first kappa shape index (κ1) is 15.3. The third-order valence-corrected chi connectivity index (χ3v) is 4.73. The molecule has 1 aromatic carbocycles. The van der Waals surface area contributed by atoms with Crippen LogP contribution < -0.4 is 4.31 Å². The molecule has 0 fully saturated rings. The monoisotopic (exact) mass is 309 g/mol. The molecule has 0 saturated carbocycles. The lowest BCUT2D eigenvalue weighted by molar-refractivity contribution is -0.110. The zero-order valence-corrected chi connectivity index (χ0v) is 12.3. The van der Waals surface area contributed by atoms with Crippen LogP contribution in [0.1, 0.15) is 12.5 Å². The van der Waals surface area contributed by atoms with Gasteiger partial charge in [0.05, 0.1) is 11.4 Å². The molecule has 0 aliphatic carbocycles. The van der Waals surface area contributed by atoms with Gasteiger partial charge in [-0.15, -0.1) is 0 Å². The van der Waals surface area contributed by atoms with Gasteiger partial charge in [-0.05, 0) is 43.1 Å². The molecule has 0 aliphatic heterocycles. The molecule has 100 valence electrons. The summed E-state index contributed by atoms with van der Waals surface area (Å²) >= 11 is 11.2. The maximum atomic E-state index is 12.0. The lowest BCUT2D eigenvalue weighted by Gasteiger charge is -2.24. The molecule has 7 heteroatoms. The number of halogens is 2. The van der Waals surface area contributed by atoms with Gasteiger partial charge in [0.1, 0.15) is 6.54 Å². The molecule has 0 aromatic heterocycles. The second-order valence-electron chi connectivity index (χ2n) is 3.65. The van der Waals surface area contributed by atoms with Crippen molar-refractivity contribution in [3.8, 4) is 0 Å². The normalized spacial score (nSPS) is 11.3. The average molecular weight is 310 g/mol. The number of anilines is 1. The van der Waals surface area contributed by atoms with E-state index in [9.17, 15) is 13.2 Å². The zero-order valence-electron chi connectivity index (χ0n) is 9.98. The largest absolute Gasteiger partial charge is 0.279 e. The minimum absolute atomic E-state index is 0.122. The number of benzene rings is 1. The van der Waals surface area contributed by atoms with Crippen LogP contribution >= 0.6 is 23.2 Å². The minimum Gasteiger partial charge on any atom is -0.279 e. The van der Waals surface area contributed by atoms with Gasteiger partial charge in [0.15, 0.2) is 0 Å². The number of hydrogen-bond acceptors (Lipinski definition) is 3. The Morgan fingerprint density at radius 2 is 2.00 bits per heavy atom. The minimum atomic E-state index is -3.58. The van der Waals surface area contributed by atoms with E-state index < -0.39 is 21.8 Å². The lowest BCUT2D eigenvalue weighted by atomic mass is 10.2.